The zero-order chi connectivity index (χ0) is 14.4. The van der Waals surface area contributed by atoms with E-state index in [-0.39, 0.29) is 5.43 Å². The van der Waals surface area contributed by atoms with Crippen molar-refractivity contribution >= 4 is 22.9 Å². The molecule has 0 saturated carbocycles. The maximum absolute atomic E-state index is 12.6. The van der Waals surface area contributed by atoms with Crippen LogP contribution in [0.1, 0.15) is 23.5 Å². The van der Waals surface area contributed by atoms with E-state index in [1.54, 1.807) is 6.07 Å². The van der Waals surface area contributed by atoms with Crippen LogP contribution in [0.4, 0.5) is 0 Å². The highest BCUT2D eigenvalue weighted by Gasteiger charge is 2.34. The Morgan fingerprint density at radius 2 is 2.29 bits per heavy atom. The molecule has 108 valence electrons. The summed E-state index contributed by atoms with van der Waals surface area (Å²) in [7, 11) is 0. The molecule has 3 heterocycles. The van der Waals surface area contributed by atoms with E-state index in [4.69, 9.17) is 11.6 Å². The summed E-state index contributed by atoms with van der Waals surface area (Å²) >= 11 is 7.65. The summed E-state index contributed by atoms with van der Waals surface area (Å²) in [5, 5.41) is 5.36. The molecular weight excluding hydrogens is 304 g/mol. The fourth-order valence-corrected chi connectivity index (χ4v) is 4.49. The molecule has 0 spiro atoms. The molecule has 0 radical (unpaired) electrons. The molecule has 0 bridgehead atoms. The molecule has 21 heavy (non-hydrogen) atoms. The maximum atomic E-state index is 12.6. The minimum atomic E-state index is 0.102. The highest BCUT2D eigenvalue weighted by Crippen LogP contribution is 2.37. The molecule has 3 nitrogen and oxygen atoms in total. The Morgan fingerprint density at radius 1 is 1.38 bits per heavy atom. The second-order valence-corrected chi connectivity index (χ2v) is 7.28. The Balaban J connectivity index is 1.89. The predicted octanol–water partition coefficient (Wildman–Crippen LogP) is 3.07. The summed E-state index contributed by atoms with van der Waals surface area (Å²) in [5.41, 5.74) is 3.73. The third kappa shape index (κ3) is 2.22. The number of hydrogen-bond acceptors (Lipinski definition) is 4. The number of fused-ring (bicyclic) bond motifs is 3. The molecule has 1 fully saturated rings. The van der Waals surface area contributed by atoms with Crippen LogP contribution in [0.15, 0.2) is 28.5 Å². The van der Waals surface area contributed by atoms with E-state index in [2.05, 4.69) is 10.3 Å². The maximum Gasteiger partial charge on any atom is 0.184 e. The lowest BCUT2D eigenvalue weighted by atomic mass is 9.78. The van der Waals surface area contributed by atoms with Gasteiger partial charge in [-0.2, -0.15) is 0 Å². The summed E-state index contributed by atoms with van der Waals surface area (Å²) in [5.74, 6) is 1.08. The van der Waals surface area contributed by atoms with Crippen LogP contribution in [0.2, 0.25) is 4.34 Å². The van der Waals surface area contributed by atoms with Crippen LogP contribution in [0.25, 0.3) is 11.3 Å². The molecule has 0 aromatic carbocycles. The number of rotatable bonds is 1. The lowest BCUT2D eigenvalue weighted by Gasteiger charge is -2.25. The van der Waals surface area contributed by atoms with Crippen LogP contribution >= 0.6 is 22.9 Å². The Hall–Kier alpha value is -1.23. The second-order valence-electron chi connectivity index (χ2n) is 5.76. The summed E-state index contributed by atoms with van der Waals surface area (Å²) in [6.07, 6.45) is 3.87. The molecule has 5 heteroatoms. The van der Waals surface area contributed by atoms with Crippen LogP contribution in [0.5, 0.6) is 0 Å². The first-order valence-electron chi connectivity index (χ1n) is 7.21. The summed E-state index contributed by atoms with van der Waals surface area (Å²) in [6.45, 7) is 2.01. The van der Waals surface area contributed by atoms with E-state index in [1.165, 1.54) is 11.3 Å². The van der Waals surface area contributed by atoms with Gasteiger partial charge in [0.05, 0.1) is 5.69 Å². The number of thiophene rings is 1. The fourth-order valence-electron chi connectivity index (χ4n) is 3.55. The van der Waals surface area contributed by atoms with Crippen molar-refractivity contribution in [2.24, 2.45) is 5.92 Å². The van der Waals surface area contributed by atoms with Crippen molar-refractivity contribution in [2.45, 2.75) is 18.8 Å². The molecule has 4 rings (SSSR count). The first kappa shape index (κ1) is 13.4. The van der Waals surface area contributed by atoms with E-state index in [1.807, 2.05) is 17.6 Å². The Kier molecular flexibility index (Phi) is 3.32. The molecular formula is C16H15ClN2OS. The summed E-state index contributed by atoms with van der Waals surface area (Å²) < 4.78 is 0.687. The first-order chi connectivity index (χ1) is 10.2. The van der Waals surface area contributed by atoms with Gasteiger partial charge in [0.25, 0.3) is 0 Å². The highest BCUT2D eigenvalue weighted by molar-refractivity contribution is 7.15. The molecule has 1 saturated heterocycles. The van der Waals surface area contributed by atoms with Gasteiger partial charge in [-0.15, -0.1) is 11.3 Å². The normalized spacial score (nSPS) is 23.7. The molecule has 2 atom stereocenters. The van der Waals surface area contributed by atoms with Gasteiger partial charge in [0.1, 0.15) is 4.34 Å². The molecule has 2 aliphatic rings. The van der Waals surface area contributed by atoms with Crippen LogP contribution in [-0.2, 0) is 6.42 Å². The monoisotopic (exact) mass is 318 g/mol. The molecule has 0 amide bonds. The van der Waals surface area contributed by atoms with Crippen LogP contribution in [0.3, 0.4) is 0 Å². The van der Waals surface area contributed by atoms with Gasteiger partial charge < -0.3 is 5.32 Å². The third-order valence-corrected chi connectivity index (χ3v) is 5.82. The highest BCUT2D eigenvalue weighted by atomic mass is 35.5. The van der Waals surface area contributed by atoms with Gasteiger partial charge >= 0.3 is 0 Å². The van der Waals surface area contributed by atoms with Crippen LogP contribution in [-0.4, -0.2) is 18.1 Å². The number of nitrogens with zero attached hydrogens (tertiary/aromatic N) is 1. The fraction of sp³-hybridized carbons (Fsp3) is 0.375. The second kappa shape index (κ2) is 5.20. The van der Waals surface area contributed by atoms with Gasteiger partial charge in [0.2, 0.25) is 0 Å². The van der Waals surface area contributed by atoms with Gasteiger partial charge in [-0.1, -0.05) is 11.6 Å². The number of aromatic nitrogens is 1. The number of nitrogens with one attached hydrogen (secondary N) is 1. The molecule has 1 aliphatic carbocycles. The molecule has 1 aliphatic heterocycles. The van der Waals surface area contributed by atoms with Crippen molar-refractivity contribution < 1.29 is 0 Å². The van der Waals surface area contributed by atoms with E-state index < -0.39 is 0 Å². The number of halogens is 1. The van der Waals surface area contributed by atoms with Gasteiger partial charge in [-0.3, -0.25) is 9.78 Å². The first-order valence-corrected chi connectivity index (χ1v) is 8.47. The minimum absolute atomic E-state index is 0.102. The van der Waals surface area contributed by atoms with Gasteiger partial charge in [-0.05, 0) is 42.3 Å². The quantitative estimate of drug-likeness (QED) is 0.878. The summed E-state index contributed by atoms with van der Waals surface area (Å²) in [4.78, 5) is 17.2. The average Bonchev–Trinajstić information content (AvgIpc) is 3.08. The van der Waals surface area contributed by atoms with E-state index in [0.29, 0.717) is 21.9 Å². The van der Waals surface area contributed by atoms with Crippen molar-refractivity contribution in [1.82, 2.24) is 10.3 Å². The molecule has 1 N–H and O–H groups in total. The molecule has 2 aromatic heterocycles. The SMILES string of the molecule is O=c1cc(-c2ccsc2Cl)ncc2c1CCC1CNCC21. The van der Waals surface area contributed by atoms with Crippen molar-refractivity contribution in [2.75, 3.05) is 13.1 Å². The third-order valence-electron chi connectivity index (χ3n) is 4.65. The lowest BCUT2D eigenvalue weighted by Crippen LogP contribution is -2.22. The van der Waals surface area contributed by atoms with Crippen molar-refractivity contribution in [1.29, 1.82) is 0 Å². The zero-order valence-electron chi connectivity index (χ0n) is 11.4. The van der Waals surface area contributed by atoms with E-state index in [0.717, 1.165) is 42.6 Å². The van der Waals surface area contributed by atoms with Gasteiger partial charge in [0.15, 0.2) is 5.43 Å². The van der Waals surface area contributed by atoms with Gasteiger partial charge in [-0.25, -0.2) is 0 Å². The standard InChI is InChI=1S/C16H15ClN2OS/c17-16-11(3-4-21-16)14-5-15(20)10-2-1-9-6-18-7-12(9)13(10)8-19-14/h3-5,8-9,12,18H,1-2,6-7H2. The lowest BCUT2D eigenvalue weighted by molar-refractivity contribution is 0.450. The van der Waals surface area contributed by atoms with Crippen molar-refractivity contribution in [3.8, 4) is 11.3 Å². The van der Waals surface area contributed by atoms with Crippen molar-refractivity contribution in [3.63, 3.8) is 0 Å². The predicted molar refractivity (Wildman–Crippen MR) is 86.3 cm³/mol. The Morgan fingerprint density at radius 3 is 3.10 bits per heavy atom. The van der Waals surface area contributed by atoms with Crippen LogP contribution in [0, 0.1) is 5.92 Å². The zero-order valence-corrected chi connectivity index (χ0v) is 13.0. The largest absolute Gasteiger partial charge is 0.316 e. The smallest absolute Gasteiger partial charge is 0.184 e. The minimum Gasteiger partial charge on any atom is -0.316 e. The average molecular weight is 319 g/mol. The number of hydrogen-bond donors (Lipinski definition) is 1. The van der Waals surface area contributed by atoms with E-state index >= 15 is 0 Å². The molecule has 2 unspecified atom stereocenters. The Bertz CT molecular complexity index is 758. The van der Waals surface area contributed by atoms with Crippen LogP contribution < -0.4 is 10.7 Å². The Labute approximate surface area is 132 Å². The van der Waals surface area contributed by atoms with Crippen molar-refractivity contribution in [3.05, 3.63) is 49.4 Å². The van der Waals surface area contributed by atoms with Gasteiger partial charge in [0, 0.05) is 35.9 Å². The molecule has 2 aromatic rings. The van der Waals surface area contributed by atoms with E-state index in [9.17, 15) is 4.79 Å². The topological polar surface area (TPSA) is 42.0 Å². The summed E-state index contributed by atoms with van der Waals surface area (Å²) in [6, 6.07) is 3.57.